The Hall–Kier alpha value is -0.750. The highest BCUT2D eigenvalue weighted by Gasteiger charge is 2.38. The second kappa shape index (κ2) is 5.05. The Morgan fingerprint density at radius 3 is 3.00 bits per heavy atom. The van der Waals surface area contributed by atoms with Crippen LogP contribution < -0.4 is 11.1 Å². The van der Waals surface area contributed by atoms with Gasteiger partial charge in [0.05, 0.1) is 12.1 Å². The molecule has 0 saturated carbocycles. The SMILES string of the molecule is NC(=O)CCN=C1NC2(CCOCC2)CS1. The van der Waals surface area contributed by atoms with E-state index in [9.17, 15) is 4.79 Å². The summed E-state index contributed by atoms with van der Waals surface area (Å²) in [5.74, 6) is 0.749. The van der Waals surface area contributed by atoms with Gasteiger partial charge in [-0.1, -0.05) is 11.8 Å². The molecule has 2 saturated heterocycles. The summed E-state index contributed by atoms with van der Waals surface area (Å²) in [6, 6.07) is 0. The molecule has 2 heterocycles. The number of nitrogens with two attached hydrogens (primary N) is 1. The molecule has 0 unspecified atom stereocenters. The van der Waals surface area contributed by atoms with Gasteiger partial charge in [-0.25, -0.2) is 0 Å². The quantitative estimate of drug-likeness (QED) is 0.737. The predicted molar refractivity (Wildman–Crippen MR) is 64.5 cm³/mol. The van der Waals surface area contributed by atoms with E-state index < -0.39 is 0 Å². The third-order valence-electron chi connectivity index (χ3n) is 2.92. The van der Waals surface area contributed by atoms with Crippen molar-refractivity contribution in [1.29, 1.82) is 0 Å². The van der Waals surface area contributed by atoms with Crippen molar-refractivity contribution in [2.75, 3.05) is 25.5 Å². The van der Waals surface area contributed by atoms with Crippen molar-refractivity contribution in [3.63, 3.8) is 0 Å². The lowest BCUT2D eigenvalue weighted by atomic mass is 9.93. The molecule has 1 spiro atoms. The Bertz CT molecular complexity index is 300. The summed E-state index contributed by atoms with van der Waals surface area (Å²) in [7, 11) is 0. The third-order valence-corrected chi connectivity index (χ3v) is 4.12. The molecule has 0 radical (unpaired) electrons. The van der Waals surface area contributed by atoms with Gasteiger partial charge in [0.2, 0.25) is 5.91 Å². The van der Waals surface area contributed by atoms with E-state index in [2.05, 4.69) is 10.3 Å². The molecule has 0 bridgehead atoms. The van der Waals surface area contributed by atoms with Crippen molar-refractivity contribution in [2.45, 2.75) is 24.8 Å². The predicted octanol–water partition coefficient (Wildman–Crippen LogP) is 0.103. The molecule has 2 fully saturated rings. The van der Waals surface area contributed by atoms with Crippen LogP contribution >= 0.6 is 11.8 Å². The molecular formula is C10H17N3O2S. The second-order valence-electron chi connectivity index (χ2n) is 4.21. The van der Waals surface area contributed by atoms with Crippen molar-refractivity contribution >= 4 is 22.8 Å². The molecule has 2 rings (SSSR count). The van der Waals surface area contributed by atoms with Gasteiger partial charge in [-0.2, -0.15) is 0 Å². The zero-order valence-corrected chi connectivity index (χ0v) is 10.0. The lowest BCUT2D eigenvalue weighted by molar-refractivity contribution is -0.117. The molecule has 0 aromatic carbocycles. The normalized spacial score (nSPS) is 25.9. The number of carbonyl (C=O) groups is 1. The van der Waals surface area contributed by atoms with Gasteiger partial charge in [0.1, 0.15) is 0 Å². The summed E-state index contributed by atoms with van der Waals surface area (Å²) < 4.78 is 5.35. The molecule has 6 heteroatoms. The maximum atomic E-state index is 10.6. The molecule has 0 atom stereocenters. The number of hydrogen-bond donors (Lipinski definition) is 2. The van der Waals surface area contributed by atoms with Crippen LogP contribution in [0, 0.1) is 0 Å². The van der Waals surface area contributed by atoms with Crippen molar-refractivity contribution in [1.82, 2.24) is 5.32 Å². The number of nitrogens with zero attached hydrogens (tertiary/aromatic N) is 1. The lowest BCUT2D eigenvalue weighted by Gasteiger charge is -2.32. The third kappa shape index (κ3) is 2.89. The molecule has 16 heavy (non-hydrogen) atoms. The molecule has 1 amide bonds. The molecule has 0 aromatic rings. The minimum atomic E-state index is -0.298. The summed E-state index contributed by atoms with van der Waals surface area (Å²) in [4.78, 5) is 14.9. The molecule has 0 aliphatic carbocycles. The molecular weight excluding hydrogens is 226 g/mol. The number of amidine groups is 1. The van der Waals surface area contributed by atoms with Gasteiger partial charge in [0.25, 0.3) is 0 Å². The second-order valence-corrected chi connectivity index (χ2v) is 5.17. The first-order chi connectivity index (χ1) is 7.70. The number of rotatable bonds is 3. The first-order valence-corrected chi connectivity index (χ1v) is 6.50. The number of amides is 1. The number of carbonyl (C=O) groups excluding carboxylic acids is 1. The van der Waals surface area contributed by atoms with Crippen LogP contribution in [0.1, 0.15) is 19.3 Å². The maximum absolute atomic E-state index is 10.6. The van der Waals surface area contributed by atoms with Crippen molar-refractivity contribution < 1.29 is 9.53 Å². The Balaban J connectivity index is 1.84. The maximum Gasteiger partial charge on any atom is 0.219 e. The summed E-state index contributed by atoms with van der Waals surface area (Å²) >= 11 is 1.73. The molecule has 3 N–H and O–H groups in total. The first kappa shape index (κ1) is 11.7. The molecule has 0 aromatic heterocycles. The standard InChI is InChI=1S/C10H17N3O2S/c11-8(14)1-4-12-9-13-10(7-16-9)2-5-15-6-3-10/h1-7H2,(H2,11,14)(H,12,13). The van der Waals surface area contributed by atoms with Gasteiger partial charge in [0, 0.05) is 25.4 Å². The fourth-order valence-electron chi connectivity index (χ4n) is 1.89. The first-order valence-electron chi connectivity index (χ1n) is 5.52. The largest absolute Gasteiger partial charge is 0.381 e. The highest BCUT2D eigenvalue weighted by Crippen LogP contribution is 2.31. The Morgan fingerprint density at radius 1 is 1.56 bits per heavy atom. The van der Waals surface area contributed by atoms with E-state index in [-0.39, 0.29) is 11.4 Å². The number of hydrogen-bond acceptors (Lipinski definition) is 4. The average Bonchev–Trinajstić information content (AvgIpc) is 2.62. The van der Waals surface area contributed by atoms with Gasteiger partial charge in [-0.15, -0.1) is 0 Å². The number of ether oxygens (including phenoxy) is 1. The van der Waals surface area contributed by atoms with E-state index in [1.807, 2.05) is 0 Å². The van der Waals surface area contributed by atoms with E-state index in [1.54, 1.807) is 11.8 Å². The minimum Gasteiger partial charge on any atom is -0.381 e. The van der Waals surface area contributed by atoms with Crippen LogP contribution in [0.4, 0.5) is 0 Å². The summed E-state index contributed by atoms with van der Waals surface area (Å²) in [5, 5.41) is 4.41. The van der Waals surface area contributed by atoms with Gasteiger partial charge in [0.15, 0.2) is 5.17 Å². The van der Waals surface area contributed by atoms with E-state index >= 15 is 0 Å². The fraction of sp³-hybridized carbons (Fsp3) is 0.800. The molecule has 2 aliphatic rings. The van der Waals surface area contributed by atoms with Gasteiger partial charge >= 0.3 is 0 Å². The molecule has 90 valence electrons. The van der Waals surface area contributed by atoms with Crippen LogP contribution in [0.3, 0.4) is 0 Å². The van der Waals surface area contributed by atoms with Crippen LogP contribution in [0.15, 0.2) is 4.99 Å². The zero-order chi connectivity index (χ0) is 11.4. The highest BCUT2D eigenvalue weighted by atomic mass is 32.2. The van der Waals surface area contributed by atoms with E-state index in [1.165, 1.54) is 0 Å². The van der Waals surface area contributed by atoms with E-state index in [0.29, 0.717) is 13.0 Å². The average molecular weight is 243 g/mol. The Kier molecular flexibility index (Phi) is 3.70. The molecule has 2 aliphatic heterocycles. The van der Waals surface area contributed by atoms with Crippen molar-refractivity contribution in [3.8, 4) is 0 Å². The van der Waals surface area contributed by atoms with Gasteiger partial charge < -0.3 is 15.8 Å². The summed E-state index contributed by atoms with van der Waals surface area (Å²) in [6.07, 6.45) is 2.39. The monoisotopic (exact) mass is 243 g/mol. The van der Waals surface area contributed by atoms with Gasteiger partial charge in [-0.3, -0.25) is 9.79 Å². The van der Waals surface area contributed by atoms with Crippen molar-refractivity contribution in [3.05, 3.63) is 0 Å². The lowest BCUT2D eigenvalue weighted by Crippen LogP contribution is -2.48. The Labute approximate surface area is 99.2 Å². The number of thioether (sulfide) groups is 1. The van der Waals surface area contributed by atoms with Crippen LogP contribution in [0.25, 0.3) is 0 Å². The smallest absolute Gasteiger partial charge is 0.219 e. The van der Waals surface area contributed by atoms with E-state index in [4.69, 9.17) is 10.5 Å². The van der Waals surface area contributed by atoms with Crippen LogP contribution in [0.2, 0.25) is 0 Å². The van der Waals surface area contributed by atoms with Crippen LogP contribution in [-0.4, -0.2) is 42.1 Å². The van der Waals surface area contributed by atoms with Crippen molar-refractivity contribution in [2.24, 2.45) is 10.7 Å². The number of primary amides is 1. The minimum absolute atomic E-state index is 0.175. The van der Waals surface area contributed by atoms with E-state index in [0.717, 1.165) is 37.0 Å². The van der Waals surface area contributed by atoms with Gasteiger partial charge in [-0.05, 0) is 12.8 Å². The fourth-order valence-corrected chi connectivity index (χ4v) is 3.13. The van der Waals surface area contributed by atoms with Crippen LogP contribution in [0.5, 0.6) is 0 Å². The van der Waals surface area contributed by atoms with Crippen LogP contribution in [-0.2, 0) is 9.53 Å². The number of aliphatic imine (C=N–C) groups is 1. The summed E-state index contributed by atoms with van der Waals surface area (Å²) in [6.45, 7) is 2.13. The topological polar surface area (TPSA) is 76.7 Å². The zero-order valence-electron chi connectivity index (χ0n) is 9.20. The summed E-state index contributed by atoms with van der Waals surface area (Å²) in [5.41, 5.74) is 5.24. The molecule has 5 nitrogen and oxygen atoms in total. The number of nitrogens with one attached hydrogen (secondary N) is 1. The Morgan fingerprint density at radius 2 is 2.31 bits per heavy atom. The highest BCUT2D eigenvalue weighted by molar-refractivity contribution is 8.14.